The maximum atomic E-state index is 9.12. The third-order valence-corrected chi connectivity index (χ3v) is 2.18. The number of ether oxygens (including phenoxy) is 1. The third-order valence-electron chi connectivity index (χ3n) is 2.18. The van der Waals surface area contributed by atoms with E-state index in [0.29, 0.717) is 25.6 Å². The van der Waals surface area contributed by atoms with Crippen LogP contribution in [0.3, 0.4) is 0 Å². The molecule has 72 valence electrons. The van der Waals surface area contributed by atoms with Crippen molar-refractivity contribution in [3.05, 3.63) is 6.20 Å². The zero-order chi connectivity index (χ0) is 9.31. The highest BCUT2D eigenvalue weighted by Crippen LogP contribution is 2.28. The minimum Gasteiger partial charge on any atom is -0.396 e. The second kappa shape index (κ2) is 2.97. The number of aliphatic hydroxyl groups is 1. The van der Waals surface area contributed by atoms with Crippen LogP contribution in [0, 0.1) is 5.41 Å². The zero-order valence-corrected chi connectivity index (χ0v) is 7.18. The first-order chi connectivity index (χ1) is 6.24. The summed E-state index contributed by atoms with van der Waals surface area (Å²) in [4.78, 5) is 1.49. The summed E-state index contributed by atoms with van der Waals surface area (Å²) in [5.41, 5.74) is 5.21. The molecule has 6 nitrogen and oxygen atoms in total. The lowest BCUT2D eigenvalue weighted by atomic mass is 9.87. The first-order valence-electron chi connectivity index (χ1n) is 4.08. The lowest BCUT2D eigenvalue weighted by molar-refractivity contribution is -0.147. The summed E-state index contributed by atoms with van der Waals surface area (Å²) in [7, 11) is 0. The summed E-state index contributed by atoms with van der Waals surface area (Å²) in [6.07, 6.45) is 1.49. The molecule has 0 aromatic carbocycles. The van der Waals surface area contributed by atoms with Crippen LogP contribution in [0.1, 0.15) is 0 Å². The second-order valence-corrected chi connectivity index (χ2v) is 3.45. The number of hydrogen-bond donors (Lipinski definition) is 2. The van der Waals surface area contributed by atoms with E-state index in [4.69, 9.17) is 15.6 Å². The van der Waals surface area contributed by atoms with Gasteiger partial charge in [0.1, 0.15) is 0 Å². The van der Waals surface area contributed by atoms with E-state index in [1.807, 2.05) is 0 Å². The van der Waals surface area contributed by atoms with Crippen molar-refractivity contribution in [1.82, 2.24) is 15.0 Å². The Morgan fingerprint density at radius 1 is 1.69 bits per heavy atom. The Balaban J connectivity index is 2.04. The number of anilines is 1. The summed E-state index contributed by atoms with van der Waals surface area (Å²) in [6, 6.07) is 0. The molecule has 1 aromatic heterocycles. The Kier molecular flexibility index (Phi) is 1.93. The van der Waals surface area contributed by atoms with Crippen molar-refractivity contribution < 1.29 is 9.84 Å². The van der Waals surface area contributed by atoms with Gasteiger partial charge in [-0.25, -0.2) is 0 Å². The molecule has 13 heavy (non-hydrogen) atoms. The van der Waals surface area contributed by atoms with Crippen molar-refractivity contribution in [3.8, 4) is 0 Å². The lowest BCUT2D eigenvalue weighted by Crippen LogP contribution is -2.49. The van der Waals surface area contributed by atoms with Gasteiger partial charge in [0.25, 0.3) is 0 Å². The number of rotatable bonds is 3. The molecule has 0 aliphatic carbocycles. The minimum absolute atomic E-state index is 0.0917. The monoisotopic (exact) mass is 184 g/mol. The van der Waals surface area contributed by atoms with E-state index < -0.39 is 0 Å². The van der Waals surface area contributed by atoms with Gasteiger partial charge >= 0.3 is 0 Å². The maximum Gasteiger partial charge on any atom is 0.165 e. The van der Waals surface area contributed by atoms with E-state index in [2.05, 4.69) is 10.2 Å². The molecule has 1 aliphatic rings. The number of nitrogens with zero attached hydrogens (tertiary/aromatic N) is 3. The van der Waals surface area contributed by atoms with Crippen molar-refractivity contribution in [2.24, 2.45) is 5.41 Å². The fourth-order valence-corrected chi connectivity index (χ4v) is 1.31. The Hall–Kier alpha value is -1.14. The van der Waals surface area contributed by atoms with E-state index in [1.54, 1.807) is 0 Å². The SMILES string of the molecule is Nc1cnn(CC2(CO)COC2)n1. The number of nitrogens with two attached hydrogens (primary N) is 1. The highest BCUT2D eigenvalue weighted by atomic mass is 16.5. The number of aromatic nitrogens is 3. The lowest BCUT2D eigenvalue weighted by Gasteiger charge is -2.39. The molecule has 1 saturated heterocycles. The predicted molar refractivity (Wildman–Crippen MR) is 44.8 cm³/mol. The minimum atomic E-state index is -0.203. The van der Waals surface area contributed by atoms with Crippen LogP contribution in [-0.2, 0) is 11.3 Å². The number of nitrogen functional groups attached to an aromatic ring is 1. The molecular formula is C7H12N4O2. The molecule has 2 rings (SSSR count). The molecule has 1 aromatic rings. The number of aliphatic hydroxyl groups excluding tert-OH is 1. The van der Waals surface area contributed by atoms with E-state index in [1.165, 1.54) is 11.0 Å². The van der Waals surface area contributed by atoms with Crippen LogP contribution >= 0.6 is 0 Å². The molecule has 2 heterocycles. The highest BCUT2D eigenvalue weighted by molar-refractivity contribution is 5.19. The van der Waals surface area contributed by atoms with E-state index in [9.17, 15) is 0 Å². The van der Waals surface area contributed by atoms with Crippen LogP contribution in [0.25, 0.3) is 0 Å². The Bertz CT molecular complexity index is 289. The Morgan fingerprint density at radius 3 is 2.85 bits per heavy atom. The predicted octanol–water partition coefficient (Wildman–Crippen LogP) is -1.13. The van der Waals surface area contributed by atoms with Crippen molar-refractivity contribution in [2.75, 3.05) is 25.6 Å². The van der Waals surface area contributed by atoms with Gasteiger partial charge in [-0.2, -0.15) is 9.90 Å². The van der Waals surface area contributed by atoms with Crippen LogP contribution in [0.5, 0.6) is 0 Å². The van der Waals surface area contributed by atoms with Crippen molar-refractivity contribution >= 4 is 5.82 Å². The molecule has 0 spiro atoms. The molecule has 1 fully saturated rings. The third kappa shape index (κ3) is 1.50. The summed E-state index contributed by atoms with van der Waals surface area (Å²) in [6.45, 7) is 1.77. The fourth-order valence-electron chi connectivity index (χ4n) is 1.31. The van der Waals surface area contributed by atoms with Gasteiger partial charge < -0.3 is 15.6 Å². The van der Waals surface area contributed by atoms with Gasteiger partial charge in [-0.05, 0) is 0 Å². The van der Waals surface area contributed by atoms with Crippen LogP contribution in [-0.4, -0.2) is 39.9 Å². The Labute approximate surface area is 75.3 Å². The average molecular weight is 184 g/mol. The van der Waals surface area contributed by atoms with Crippen LogP contribution in [0.2, 0.25) is 0 Å². The summed E-state index contributed by atoms with van der Waals surface area (Å²) in [5.74, 6) is 0.397. The normalized spacial score (nSPS) is 19.8. The summed E-state index contributed by atoms with van der Waals surface area (Å²) >= 11 is 0. The maximum absolute atomic E-state index is 9.12. The second-order valence-electron chi connectivity index (χ2n) is 3.45. The molecule has 0 unspecified atom stereocenters. The molecule has 0 amide bonds. The summed E-state index contributed by atoms with van der Waals surface area (Å²) in [5, 5.41) is 17.0. The quantitative estimate of drug-likeness (QED) is 0.620. The van der Waals surface area contributed by atoms with Crippen molar-refractivity contribution in [1.29, 1.82) is 0 Å². The topological polar surface area (TPSA) is 86.2 Å². The van der Waals surface area contributed by atoms with Gasteiger partial charge in [0, 0.05) is 0 Å². The molecule has 0 atom stereocenters. The van der Waals surface area contributed by atoms with Gasteiger partial charge in [-0.1, -0.05) is 0 Å². The molecule has 6 heteroatoms. The number of hydrogen-bond acceptors (Lipinski definition) is 5. The zero-order valence-electron chi connectivity index (χ0n) is 7.18. The smallest absolute Gasteiger partial charge is 0.165 e. The van der Waals surface area contributed by atoms with Crippen LogP contribution in [0.15, 0.2) is 6.20 Å². The molecule has 1 aliphatic heterocycles. The standard InChI is InChI=1S/C7H12N4O2/c8-6-1-9-11(10-6)2-7(3-12)4-13-5-7/h1,12H,2-5H2,(H2,8,10). The fraction of sp³-hybridized carbons (Fsp3) is 0.714. The van der Waals surface area contributed by atoms with E-state index >= 15 is 0 Å². The highest BCUT2D eigenvalue weighted by Gasteiger charge is 2.39. The Morgan fingerprint density at radius 2 is 2.46 bits per heavy atom. The van der Waals surface area contributed by atoms with Gasteiger partial charge in [-0.3, -0.25) is 0 Å². The van der Waals surface area contributed by atoms with Crippen molar-refractivity contribution in [2.45, 2.75) is 6.54 Å². The molecule has 0 radical (unpaired) electrons. The largest absolute Gasteiger partial charge is 0.396 e. The van der Waals surface area contributed by atoms with Gasteiger partial charge in [0.05, 0.1) is 38.0 Å². The average Bonchev–Trinajstić information content (AvgIpc) is 2.44. The molecule has 0 bridgehead atoms. The summed E-state index contributed by atoms with van der Waals surface area (Å²) < 4.78 is 5.05. The van der Waals surface area contributed by atoms with Crippen LogP contribution < -0.4 is 5.73 Å². The first kappa shape index (κ1) is 8.46. The first-order valence-corrected chi connectivity index (χ1v) is 4.08. The van der Waals surface area contributed by atoms with Gasteiger partial charge in [0.2, 0.25) is 0 Å². The van der Waals surface area contributed by atoms with Gasteiger partial charge in [0.15, 0.2) is 5.82 Å². The van der Waals surface area contributed by atoms with E-state index in [0.717, 1.165) is 0 Å². The van der Waals surface area contributed by atoms with E-state index in [-0.39, 0.29) is 12.0 Å². The molecule has 0 saturated carbocycles. The molecular weight excluding hydrogens is 172 g/mol. The van der Waals surface area contributed by atoms with Crippen molar-refractivity contribution in [3.63, 3.8) is 0 Å². The van der Waals surface area contributed by atoms with Crippen LogP contribution in [0.4, 0.5) is 5.82 Å². The van der Waals surface area contributed by atoms with Gasteiger partial charge in [-0.15, -0.1) is 5.10 Å². The molecule has 3 N–H and O–H groups in total.